The summed E-state index contributed by atoms with van der Waals surface area (Å²) in [6, 6.07) is 11.8. The predicted molar refractivity (Wildman–Crippen MR) is 105 cm³/mol. The van der Waals surface area contributed by atoms with Crippen molar-refractivity contribution in [2.75, 3.05) is 19.6 Å². The summed E-state index contributed by atoms with van der Waals surface area (Å²) in [6.07, 6.45) is 8.69. The van der Waals surface area contributed by atoms with Crippen molar-refractivity contribution in [3.63, 3.8) is 0 Å². The molecule has 0 spiro atoms. The molecular formula is C22H29N3O2. The minimum absolute atomic E-state index is 0.139. The molecule has 2 aromatic rings. The molecule has 5 nitrogen and oxygen atoms in total. The van der Waals surface area contributed by atoms with Gasteiger partial charge in [0, 0.05) is 24.2 Å². The van der Waals surface area contributed by atoms with E-state index in [0.29, 0.717) is 17.4 Å². The highest BCUT2D eigenvalue weighted by molar-refractivity contribution is 5.92. The van der Waals surface area contributed by atoms with E-state index in [0.717, 1.165) is 18.5 Å². The van der Waals surface area contributed by atoms with E-state index in [1.54, 1.807) is 6.07 Å². The second kappa shape index (κ2) is 8.70. The summed E-state index contributed by atoms with van der Waals surface area (Å²) in [4.78, 5) is 15.3. The fraction of sp³-hybridized carbons (Fsp3) is 0.545. The van der Waals surface area contributed by atoms with Gasteiger partial charge < -0.3 is 14.7 Å². The lowest BCUT2D eigenvalue weighted by Crippen LogP contribution is -2.47. The quantitative estimate of drug-likeness (QED) is 0.864. The fourth-order valence-corrected chi connectivity index (χ4v) is 4.46. The Bertz CT molecular complexity index is 737. The Morgan fingerprint density at radius 1 is 1.07 bits per heavy atom. The highest BCUT2D eigenvalue weighted by Crippen LogP contribution is 2.27. The summed E-state index contributed by atoms with van der Waals surface area (Å²) in [5.74, 6) is 0.702. The van der Waals surface area contributed by atoms with E-state index < -0.39 is 0 Å². The predicted octanol–water partition coefficient (Wildman–Crippen LogP) is 4.12. The third kappa shape index (κ3) is 4.59. The van der Waals surface area contributed by atoms with E-state index in [1.165, 1.54) is 51.6 Å². The first-order chi connectivity index (χ1) is 13.3. The van der Waals surface area contributed by atoms with Gasteiger partial charge >= 0.3 is 0 Å². The fourth-order valence-electron chi connectivity index (χ4n) is 4.46. The van der Waals surface area contributed by atoms with Crippen LogP contribution in [0.25, 0.3) is 11.3 Å². The molecule has 0 unspecified atom stereocenters. The van der Waals surface area contributed by atoms with Crippen molar-refractivity contribution < 1.29 is 9.32 Å². The van der Waals surface area contributed by atoms with Crippen molar-refractivity contribution >= 4 is 5.91 Å². The van der Waals surface area contributed by atoms with Crippen LogP contribution in [-0.4, -0.2) is 41.6 Å². The number of nitrogens with zero attached hydrogens (tertiary/aromatic N) is 2. The van der Waals surface area contributed by atoms with Crippen LogP contribution in [0.3, 0.4) is 0 Å². The third-order valence-corrected chi connectivity index (χ3v) is 5.97. The Morgan fingerprint density at radius 3 is 2.67 bits per heavy atom. The number of amides is 1. The Labute approximate surface area is 161 Å². The van der Waals surface area contributed by atoms with Crippen LogP contribution in [0.1, 0.15) is 55.5 Å². The maximum atomic E-state index is 12.7. The molecule has 1 aliphatic heterocycles. The molecule has 1 N–H and O–H groups in total. The van der Waals surface area contributed by atoms with Crippen LogP contribution in [0.5, 0.6) is 0 Å². The van der Waals surface area contributed by atoms with E-state index in [-0.39, 0.29) is 11.9 Å². The molecule has 1 saturated carbocycles. The molecule has 2 fully saturated rings. The van der Waals surface area contributed by atoms with Crippen molar-refractivity contribution in [2.45, 2.75) is 51.0 Å². The number of nitrogens with one attached hydrogen (secondary N) is 1. The van der Waals surface area contributed by atoms with E-state index in [9.17, 15) is 4.79 Å². The zero-order valence-corrected chi connectivity index (χ0v) is 15.9. The molecule has 4 rings (SSSR count). The molecule has 27 heavy (non-hydrogen) atoms. The molecule has 2 heterocycles. The Morgan fingerprint density at radius 2 is 1.85 bits per heavy atom. The highest BCUT2D eigenvalue weighted by atomic mass is 16.5. The molecule has 1 amide bonds. The number of aromatic nitrogens is 1. The van der Waals surface area contributed by atoms with Crippen molar-refractivity contribution in [2.24, 2.45) is 5.92 Å². The van der Waals surface area contributed by atoms with Gasteiger partial charge in [-0.2, -0.15) is 0 Å². The Balaban J connectivity index is 1.39. The van der Waals surface area contributed by atoms with E-state index in [2.05, 4.69) is 15.4 Å². The van der Waals surface area contributed by atoms with Crippen LogP contribution in [-0.2, 0) is 0 Å². The summed E-state index contributed by atoms with van der Waals surface area (Å²) in [6.45, 7) is 3.52. The zero-order valence-electron chi connectivity index (χ0n) is 15.9. The molecule has 2 atom stereocenters. The van der Waals surface area contributed by atoms with E-state index in [1.807, 2.05) is 30.3 Å². The van der Waals surface area contributed by atoms with Crippen LogP contribution >= 0.6 is 0 Å². The summed E-state index contributed by atoms with van der Waals surface area (Å²) in [5, 5.41) is 7.31. The van der Waals surface area contributed by atoms with Crippen LogP contribution in [0.2, 0.25) is 0 Å². The van der Waals surface area contributed by atoms with Crippen molar-refractivity contribution in [3.8, 4) is 11.3 Å². The molecule has 2 aliphatic rings. The number of hydrogen-bond donors (Lipinski definition) is 1. The van der Waals surface area contributed by atoms with Crippen molar-refractivity contribution in [3.05, 3.63) is 42.2 Å². The monoisotopic (exact) mass is 367 g/mol. The first-order valence-corrected chi connectivity index (χ1v) is 10.3. The van der Waals surface area contributed by atoms with Gasteiger partial charge in [0.15, 0.2) is 0 Å². The number of rotatable bonds is 5. The molecule has 1 saturated heterocycles. The molecule has 1 aromatic carbocycles. The third-order valence-electron chi connectivity index (χ3n) is 5.97. The van der Waals surface area contributed by atoms with Gasteiger partial charge in [0.1, 0.15) is 5.69 Å². The number of hydrogen-bond acceptors (Lipinski definition) is 4. The Kier molecular flexibility index (Phi) is 5.87. The van der Waals surface area contributed by atoms with Gasteiger partial charge in [0.25, 0.3) is 5.91 Å². The number of carbonyl (C=O) groups excluding carboxylic acids is 1. The van der Waals surface area contributed by atoms with Gasteiger partial charge in [-0.1, -0.05) is 54.8 Å². The molecule has 0 bridgehead atoms. The van der Waals surface area contributed by atoms with Crippen LogP contribution < -0.4 is 5.32 Å². The SMILES string of the molecule is O=C(N[C@@H]1CCCC[C@H]1CN1CCCCC1)c1cc(-c2ccccc2)no1. The van der Waals surface area contributed by atoms with Gasteiger partial charge in [-0.3, -0.25) is 4.79 Å². The summed E-state index contributed by atoms with van der Waals surface area (Å²) < 4.78 is 5.34. The molecule has 1 aromatic heterocycles. The second-order valence-electron chi connectivity index (χ2n) is 7.93. The molecule has 1 aliphatic carbocycles. The minimum atomic E-state index is -0.139. The number of carbonyl (C=O) groups is 1. The van der Waals surface area contributed by atoms with Crippen LogP contribution in [0, 0.1) is 5.92 Å². The summed E-state index contributed by atoms with van der Waals surface area (Å²) in [5.41, 5.74) is 1.66. The average Bonchev–Trinajstić information content (AvgIpc) is 3.21. The second-order valence-corrected chi connectivity index (χ2v) is 7.93. The molecule has 5 heteroatoms. The van der Waals surface area contributed by atoms with Gasteiger partial charge in [0.05, 0.1) is 0 Å². The standard InChI is InChI=1S/C22H29N3O2/c26-22(21-15-20(24-27-21)17-9-3-1-4-10-17)23-19-12-6-5-11-18(19)16-25-13-7-2-8-14-25/h1,3-4,9-10,15,18-19H,2,5-8,11-14,16H2,(H,23,26)/t18-,19+/m0/s1. The van der Waals surface area contributed by atoms with Gasteiger partial charge in [-0.25, -0.2) is 0 Å². The normalized spacial score (nSPS) is 23.9. The largest absolute Gasteiger partial charge is 0.350 e. The molecule has 0 radical (unpaired) electrons. The van der Waals surface area contributed by atoms with Crippen molar-refractivity contribution in [1.29, 1.82) is 0 Å². The minimum Gasteiger partial charge on any atom is -0.350 e. The lowest BCUT2D eigenvalue weighted by atomic mass is 9.83. The maximum Gasteiger partial charge on any atom is 0.290 e. The lowest BCUT2D eigenvalue weighted by molar-refractivity contribution is 0.0841. The average molecular weight is 367 g/mol. The number of benzene rings is 1. The zero-order chi connectivity index (χ0) is 18.5. The van der Waals surface area contributed by atoms with Crippen LogP contribution in [0.15, 0.2) is 40.9 Å². The van der Waals surface area contributed by atoms with Gasteiger partial charge in [-0.15, -0.1) is 0 Å². The number of piperidine rings is 1. The van der Waals surface area contributed by atoms with Crippen LogP contribution in [0.4, 0.5) is 0 Å². The number of likely N-dealkylation sites (tertiary alicyclic amines) is 1. The lowest BCUT2D eigenvalue weighted by Gasteiger charge is -2.37. The molecular weight excluding hydrogens is 338 g/mol. The topological polar surface area (TPSA) is 58.4 Å². The first kappa shape index (κ1) is 18.2. The summed E-state index contributed by atoms with van der Waals surface area (Å²) >= 11 is 0. The van der Waals surface area contributed by atoms with Gasteiger partial charge in [-0.05, 0) is 44.7 Å². The first-order valence-electron chi connectivity index (χ1n) is 10.3. The highest BCUT2D eigenvalue weighted by Gasteiger charge is 2.29. The Hall–Kier alpha value is -2.14. The smallest absolute Gasteiger partial charge is 0.290 e. The molecule has 144 valence electrons. The van der Waals surface area contributed by atoms with E-state index >= 15 is 0 Å². The summed E-state index contributed by atoms with van der Waals surface area (Å²) in [7, 11) is 0. The maximum absolute atomic E-state index is 12.7. The van der Waals surface area contributed by atoms with Crippen molar-refractivity contribution in [1.82, 2.24) is 15.4 Å². The van der Waals surface area contributed by atoms with E-state index in [4.69, 9.17) is 4.52 Å². The van der Waals surface area contributed by atoms with Gasteiger partial charge in [0.2, 0.25) is 5.76 Å².